The Labute approximate surface area is 174 Å². The molecule has 2 heterocycles. The molecule has 1 aliphatic rings. The maximum absolute atomic E-state index is 12.9. The molecule has 3 aromatic rings. The average Bonchev–Trinajstić information content (AvgIpc) is 3.17. The highest BCUT2D eigenvalue weighted by Crippen LogP contribution is 2.31. The van der Waals surface area contributed by atoms with Crippen LogP contribution in [0.1, 0.15) is 24.1 Å². The first-order valence-electron chi connectivity index (χ1n) is 9.26. The van der Waals surface area contributed by atoms with E-state index in [0.29, 0.717) is 31.0 Å². The maximum Gasteiger partial charge on any atom is 0.185 e. The van der Waals surface area contributed by atoms with Gasteiger partial charge in [0.2, 0.25) is 0 Å². The number of anilines is 1. The lowest BCUT2D eigenvalue weighted by Gasteiger charge is -2.31. The molecule has 1 fully saturated rings. The van der Waals surface area contributed by atoms with Crippen LogP contribution >= 0.6 is 22.9 Å². The lowest BCUT2D eigenvalue weighted by molar-refractivity contribution is 0.529. The Morgan fingerprint density at radius 2 is 1.71 bits per heavy atom. The maximum atomic E-state index is 12.9. The third-order valence-electron chi connectivity index (χ3n) is 5.06. The summed E-state index contributed by atoms with van der Waals surface area (Å²) in [5, 5.41) is 2.97. The Kier molecular flexibility index (Phi) is 5.71. The van der Waals surface area contributed by atoms with Gasteiger partial charge in [0.15, 0.2) is 15.0 Å². The van der Waals surface area contributed by atoms with Crippen molar-refractivity contribution < 1.29 is 8.42 Å². The number of hydrogen-bond donors (Lipinski definition) is 0. The first-order chi connectivity index (χ1) is 13.5. The van der Waals surface area contributed by atoms with E-state index in [9.17, 15) is 8.42 Å². The van der Waals surface area contributed by atoms with Crippen molar-refractivity contribution in [1.82, 2.24) is 4.98 Å². The molecular weight excluding hydrogens is 412 g/mol. The van der Waals surface area contributed by atoms with E-state index in [4.69, 9.17) is 16.6 Å². The highest BCUT2D eigenvalue weighted by atomic mass is 35.5. The predicted octanol–water partition coefficient (Wildman–Crippen LogP) is 4.83. The molecule has 0 N–H and O–H groups in total. The van der Waals surface area contributed by atoms with Crippen LogP contribution in [0.5, 0.6) is 0 Å². The molecule has 0 spiro atoms. The number of halogens is 1. The van der Waals surface area contributed by atoms with Gasteiger partial charge in [-0.2, -0.15) is 0 Å². The number of piperidine rings is 1. The van der Waals surface area contributed by atoms with Gasteiger partial charge in [-0.25, -0.2) is 13.4 Å². The molecule has 0 aliphatic carbocycles. The smallest absolute Gasteiger partial charge is 0.185 e. The summed E-state index contributed by atoms with van der Waals surface area (Å²) in [6, 6.07) is 17.0. The van der Waals surface area contributed by atoms with Gasteiger partial charge in [0.1, 0.15) is 0 Å². The fourth-order valence-corrected chi connectivity index (χ4v) is 6.68. The van der Waals surface area contributed by atoms with E-state index in [2.05, 4.69) is 22.4 Å². The second-order valence-electron chi connectivity index (χ2n) is 6.95. The zero-order valence-electron chi connectivity index (χ0n) is 15.3. The average molecular weight is 433 g/mol. The third-order valence-corrected chi connectivity index (χ3v) is 8.77. The topological polar surface area (TPSA) is 50.3 Å². The lowest BCUT2D eigenvalue weighted by atomic mass is 10.1. The van der Waals surface area contributed by atoms with Gasteiger partial charge >= 0.3 is 0 Å². The first kappa shape index (κ1) is 19.4. The first-order valence-corrected chi connectivity index (χ1v) is 12.1. The van der Waals surface area contributed by atoms with E-state index < -0.39 is 15.1 Å². The Bertz CT molecular complexity index is 1040. The van der Waals surface area contributed by atoms with Gasteiger partial charge in [-0.15, -0.1) is 11.3 Å². The standard InChI is InChI=1S/C21H21ClN2O2S2/c22-19-8-4-5-9-20(19)28(25,26)18-10-12-24(13-11-18)21-23-17(15-27-21)14-16-6-2-1-3-7-16/h1-9,15,18H,10-14H2. The van der Waals surface area contributed by atoms with Crippen molar-refractivity contribution >= 4 is 37.9 Å². The molecule has 0 saturated carbocycles. The van der Waals surface area contributed by atoms with Crippen LogP contribution in [0.15, 0.2) is 64.9 Å². The summed E-state index contributed by atoms with van der Waals surface area (Å²) in [6.45, 7) is 1.37. The van der Waals surface area contributed by atoms with Crippen molar-refractivity contribution in [3.8, 4) is 0 Å². The molecule has 4 rings (SSSR count). The second kappa shape index (κ2) is 8.23. The highest BCUT2D eigenvalue weighted by molar-refractivity contribution is 7.92. The van der Waals surface area contributed by atoms with Crippen LogP contribution in [0.4, 0.5) is 5.13 Å². The predicted molar refractivity (Wildman–Crippen MR) is 115 cm³/mol. The summed E-state index contributed by atoms with van der Waals surface area (Å²) < 4.78 is 25.9. The van der Waals surface area contributed by atoms with Crippen LogP contribution < -0.4 is 4.90 Å². The minimum Gasteiger partial charge on any atom is -0.348 e. The molecule has 0 amide bonds. The molecule has 0 bridgehead atoms. The van der Waals surface area contributed by atoms with Gasteiger partial charge in [0.25, 0.3) is 0 Å². The number of nitrogens with zero attached hydrogens (tertiary/aromatic N) is 2. The lowest BCUT2D eigenvalue weighted by Crippen LogP contribution is -2.39. The molecule has 0 radical (unpaired) electrons. The van der Waals surface area contributed by atoms with Crippen LogP contribution in [0.2, 0.25) is 5.02 Å². The Morgan fingerprint density at radius 3 is 2.43 bits per heavy atom. The number of thiazole rings is 1. The molecule has 4 nitrogen and oxygen atoms in total. The highest BCUT2D eigenvalue weighted by Gasteiger charge is 2.33. The molecule has 0 unspecified atom stereocenters. The summed E-state index contributed by atoms with van der Waals surface area (Å²) >= 11 is 7.75. The molecule has 2 aromatic carbocycles. The molecule has 0 atom stereocenters. The van der Waals surface area contributed by atoms with Crippen molar-refractivity contribution in [2.24, 2.45) is 0 Å². The van der Waals surface area contributed by atoms with E-state index in [0.717, 1.165) is 17.2 Å². The Hall–Kier alpha value is -1.89. The Morgan fingerprint density at radius 1 is 1.04 bits per heavy atom. The van der Waals surface area contributed by atoms with Gasteiger partial charge in [-0.05, 0) is 30.5 Å². The molecular formula is C21H21ClN2O2S2. The fourth-order valence-electron chi connectivity index (χ4n) is 3.54. The van der Waals surface area contributed by atoms with Crippen molar-refractivity contribution in [3.63, 3.8) is 0 Å². The molecule has 7 heteroatoms. The van der Waals surface area contributed by atoms with Crippen LogP contribution in [-0.4, -0.2) is 31.7 Å². The van der Waals surface area contributed by atoms with Crippen LogP contribution in [0.25, 0.3) is 0 Å². The van der Waals surface area contributed by atoms with E-state index in [-0.39, 0.29) is 4.90 Å². The zero-order valence-corrected chi connectivity index (χ0v) is 17.7. The van der Waals surface area contributed by atoms with E-state index in [1.807, 2.05) is 18.2 Å². The van der Waals surface area contributed by atoms with E-state index in [1.54, 1.807) is 35.6 Å². The molecule has 1 aromatic heterocycles. The van der Waals surface area contributed by atoms with Crippen molar-refractivity contribution in [1.29, 1.82) is 0 Å². The van der Waals surface area contributed by atoms with Crippen LogP contribution in [-0.2, 0) is 16.3 Å². The number of aromatic nitrogens is 1. The van der Waals surface area contributed by atoms with Crippen molar-refractivity contribution in [2.75, 3.05) is 18.0 Å². The number of benzene rings is 2. The summed E-state index contributed by atoms with van der Waals surface area (Å²) in [4.78, 5) is 7.20. The van der Waals surface area contributed by atoms with Crippen molar-refractivity contribution in [2.45, 2.75) is 29.4 Å². The minimum absolute atomic E-state index is 0.245. The number of hydrogen-bond acceptors (Lipinski definition) is 5. The second-order valence-corrected chi connectivity index (χ2v) is 10.4. The minimum atomic E-state index is -3.41. The van der Waals surface area contributed by atoms with Gasteiger partial charge in [0.05, 0.1) is 20.9 Å². The van der Waals surface area contributed by atoms with Gasteiger partial charge in [-0.3, -0.25) is 0 Å². The normalized spacial score (nSPS) is 15.7. The number of rotatable bonds is 5. The molecule has 1 saturated heterocycles. The number of sulfone groups is 1. The van der Waals surface area contributed by atoms with Gasteiger partial charge < -0.3 is 4.90 Å². The van der Waals surface area contributed by atoms with E-state index in [1.165, 1.54) is 5.56 Å². The largest absolute Gasteiger partial charge is 0.348 e. The molecule has 146 valence electrons. The summed E-state index contributed by atoms with van der Waals surface area (Å²) in [6.07, 6.45) is 1.98. The van der Waals surface area contributed by atoms with Gasteiger partial charge in [0, 0.05) is 24.9 Å². The van der Waals surface area contributed by atoms with E-state index >= 15 is 0 Å². The van der Waals surface area contributed by atoms with Crippen LogP contribution in [0, 0.1) is 0 Å². The fraction of sp³-hybridized carbons (Fsp3) is 0.286. The SMILES string of the molecule is O=S(=O)(c1ccccc1Cl)C1CCN(c2nc(Cc3ccccc3)cs2)CC1. The Balaban J connectivity index is 1.41. The van der Waals surface area contributed by atoms with Gasteiger partial charge in [-0.1, -0.05) is 54.1 Å². The molecule has 28 heavy (non-hydrogen) atoms. The summed E-state index contributed by atoms with van der Waals surface area (Å²) in [5.41, 5.74) is 2.29. The molecule has 1 aliphatic heterocycles. The zero-order chi connectivity index (χ0) is 19.6. The van der Waals surface area contributed by atoms with Crippen molar-refractivity contribution in [3.05, 3.63) is 76.3 Å². The summed E-state index contributed by atoms with van der Waals surface area (Å²) in [5.74, 6) is 0. The quantitative estimate of drug-likeness (QED) is 0.579. The van der Waals surface area contributed by atoms with Crippen LogP contribution in [0.3, 0.4) is 0 Å². The third kappa shape index (κ3) is 4.09. The summed E-state index contributed by atoms with van der Waals surface area (Å²) in [7, 11) is -3.41. The monoisotopic (exact) mass is 432 g/mol.